The average Bonchev–Trinajstić information content (AvgIpc) is 2.92. The molecule has 3 rings (SSSR count). The SMILES string of the molecule is CCc1cc(C(=O)O)c(C)c2cc(-c3ccc(Br)cc3F)nn12. The Morgan fingerprint density at radius 1 is 1.35 bits per heavy atom. The molecule has 0 saturated carbocycles. The zero-order valence-corrected chi connectivity index (χ0v) is 14.2. The Morgan fingerprint density at radius 3 is 2.70 bits per heavy atom. The van der Waals surface area contributed by atoms with E-state index in [4.69, 9.17) is 0 Å². The Morgan fingerprint density at radius 2 is 2.09 bits per heavy atom. The maximum atomic E-state index is 14.2. The fourth-order valence-electron chi connectivity index (χ4n) is 2.64. The van der Waals surface area contributed by atoms with Crippen molar-refractivity contribution in [2.24, 2.45) is 0 Å². The first-order chi connectivity index (χ1) is 10.9. The Labute approximate surface area is 140 Å². The highest BCUT2D eigenvalue weighted by atomic mass is 79.9. The van der Waals surface area contributed by atoms with Crippen LogP contribution >= 0.6 is 15.9 Å². The second-order valence-corrected chi connectivity index (χ2v) is 6.20. The number of nitrogens with zero attached hydrogens (tertiary/aromatic N) is 2. The Bertz CT molecular complexity index is 934. The second kappa shape index (κ2) is 5.77. The summed E-state index contributed by atoms with van der Waals surface area (Å²) in [4.78, 5) is 11.4. The van der Waals surface area contributed by atoms with Gasteiger partial charge in [-0.05, 0) is 49.2 Å². The molecule has 1 aromatic carbocycles. The summed E-state index contributed by atoms with van der Waals surface area (Å²) in [5.74, 6) is -1.35. The van der Waals surface area contributed by atoms with E-state index in [0.717, 1.165) is 5.69 Å². The van der Waals surface area contributed by atoms with Gasteiger partial charge in [0.25, 0.3) is 0 Å². The summed E-state index contributed by atoms with van der Waals surface area (Å²) < 4.78 is 16.5. The molecule has 0 aliphatic heterocycles. The maximum Gasteiger partial charge on any atom is 0.336 e. The van der Waals surface area contributed by atoms with Crippen molar-refractivity contribution in [1.82, 2.24) is 9.61 Å². The minimum absolute atomic E-state index is 0.247. The van der Waals surface area contributed by atoms with Crippen molar-refractivity contribution in [1.29, 1.82) is 0 Å². The molecular formula is C17H14BrFN2O2. The number of aromatic carboxylic acids is 1. The Balaban J connectivity index is 2.30. The minimum atomic E-state index is -0.975. The first-order valence-corrected chi connectivity index (χ1v) is 7.92. The fraction of sp³-hybridized carbons (Fsp3) is 0.176. The molecule has 0 amide bonds. The first kappa shape index (κ1) is 15.7. The lowest BCUT2D eigenvalue weighted by molar-refractivity contribution is 0.0696. The normalized spacial score (nSPS) is 11.1. The van der Waals surface area contributed by atoms with Gasteiger partial charge in [-0.25, -0.2) is 13.7 Å². The highest BCUT2D eigenvalue weighted by Gasteiger charge is 2.17. The molecule has 2 aromatic heterocycles. The van der Waals surface area contributed by atoms with E-state index in [0.29, 0.717) is 33.2 Å². The number of aromatic nitrogens is 2. The van der Waals surface area contributed by atoms with Crippen LogP contribution in [0.4, 0.5) is 4.39 Å². The summed E-state index contributed by atoms with van der Waals surface area (Å²) in [6.45, 7) is 3.67. The van der Waals surface area contributed by atoms with E-state index in [-0.39, 0.29) is 11.4 Å². The van der Waals surface area contributed by atoms with Crippen molar-refractivity contribution in [3.05, 3.63) is 57.4 Å². The third-order valence-corrected chi connectivity index (χ3v) is 4.37. The Hall–Kier alpha value is -2.21. The van der Waals surface area contributed by atoms with Crippen LogP contribution in [0.5, 0.6) is 0 Å². The van der Waals surface area contributed by atoms with Crippen LogP contribution in [0, 0.1) is 12.7 Å². The smallest absolute Gasteiger partial charge is 0.336 e. The summed E-state index contributed by atoms with van der Waals surface area (Å²) in [5, 5.41) is 13.8. The number of carboxylic acids is 1. The van der Waals surface area contributed by atoms with Crippen LogP contribution in [0.1, 0.15) is 28.5 Å². The van der Waals surface area contributed by atoms with Crippen LogP contribution in [0.25, 0.3) is 16.8 Å². The van der Waals surface area contributed by atoms with Gasteiger partial charge in [0.15, 0.2) is 0 Å². The van der Waals surface area contributed by atoms with E-state index in [1.54, 1.807) is 35.7 Å². The fourth-order valence-corrected chi connectivity index (χ4v) is 2.98. The van der Waals surface area contributed by atoms with Gasteiger partial charge in [-0.2, -0.15) is 5.10 Å². The number of aryl methyl sites for hydroxylation is 2. The van der Waals surface area contributed by atoms with Gasteiger partial charge in [0.2, 0.25) is 0 Å². The highest BCUT2D eigenvalue weighted by Crippen LogP contribution is 2.28. The predicted molar refractivity (Wildman–Crippen MR) is 89.4 cm³/mol. The van der Waals surface area contributed by atoms with Crippen molar-refractivity contribution >= 4 is 27.4 Å². The molecule has 0 atom stereocenters. The summed E-state index contributed by atoms with van der Waals surface area (Å²) in [5.41, 5.74) is 3.18. The van der Waals surface area contributed by atoms with Crippen LogP contribution in [0.3, 0.4) is 0 Å². The van der Waals surface area contributed by atoms with E-state index < -0.39 is 5.97 Å². The molecule has 0 fully saturated rings. The van der Waals surface area contributed by atoms with E-state index >= 15 is 0 Å². The molecule has 6 heteroatoms. The molecule has 0 aliphatic carbocycles. The highest BCUT2D eigenvalue weighted by molar-refractivity contribution is 9.10. The number of halogens is 2. The van der Waals surface area contributed by atoms with Crippen LogP contribution < -0.4 is 0 Å². The molecule has 0 saturated heterocycles. The minimum Gasteiger partial charge on any atom is -0.478 e. The van der Waals surface area contributed by atoms with Gasteiger partial charge in [-0.15, -0.1) is 0 Å². The van der Waals surface area contributed by atoms with Crippen molar-refractivity contribution < 1.29 is 14.3 Å². The van der Waals surface area contributed by atoms with Gasteiger partial charge in [-0.3, -0.25) is 0 Å². The number of fused-ring (bicyclic) bond motifs is 1. The standard InChI is InChI=1S/C17H14BrFN2O2/c1-3-11-7-13(17(22)23)9(2)16-8-15(20-21(11)16)12-5-4-10(18)6-14(12)19/h4-8H,3H2,1-2H3,(H,22,23). The molecule has 0 bridgehead atoms. The number of carbonyl (C=O) groups is 1. The monoisotopic (exact) mass is 376 g/mol. The van der Waals surface area contributed by atoms with Gasteiger partial charge < -0.3 is 5.11 Å². The summed E-state index contributed by atoms with van der Waals surface area (Å²) in [6, 6.07) is 8.14. The lowest BCUT2D eigenvalue weighted by Gasteiger charge is -2.08. The quantitative estimate of drug-likeness (QED) is 0.733. The van der Waals surface area contributed by atoms with Crippen molar-refractivity contribution in [3.8, 4) is 11.3 Å². The number of pyridine rings is 1. The van der Waals surface area contributed by atoms with Crippen LogP contribution in [-0.4, -0.2) is 20.7 Å². The van der Waals surface area contributed by atoms with Gasteiger partial charge in [0.05, 0.1) is 16.8 Å². The lowest BCUT2D eigenvalue weighted by atomic mass is 10.1. The van der Waals surface area contributed by atoms with Gasteiger partial charge >= 0.3 is 5.97 Å². The molecule has 0 radical (unpaired) electrons. The number of hydrogen-bond donors (Lipinski definition) is 1. The van der Waals surface area contributed by atoms with Crippen LogP contribution in [0.15, 0.2) is 34.8 Å². The summed E-state index contributed by atoms with van der Waals surface area (Å²) >= 11 is 3.23. The third kappa shape index (κ3) is 2.63. The van der Waals surface area contributed by atoms with E-state index in [2.05, 4.69) is 21.0 Å². The molecule has 3 aromatic rings. The number of benzene rings is 1. The van der Waals surface area contributed by atoms with Crippen LogP contribution in [-0.2, 0) is 6.42 Å². The van der Waals surface area contributed by atoms with Crippen molar-refractivity contribution in [2.75, 3.05) is 0 Å². The number of rotatable bonds is 3. The maximum absolute atomic E-state index is 14.2. The molecular weight excluding hydrogens is 363 g/mol. The number of carboxylic acid groups (broad SMARTS) is 1. The number of hydrogen-bond acceptors (Lipinski definition) is 2. The third-order valence-electron chi connectivity index (χ3n) is 3.88. The van der Waals surface area contributed by atoms with Gasteiger partial charge in [0.1, 0.15) is 5.82 Å². The first-order valence-electron chi connectivity index (χ1n) is 7.13. The predicted octanol–water partition coefficient (Wildman–Crippen LogP) is 4.47. The molecule has 0 spiro atoms. The van der Waals surface area contributed by atoms with E-state index in [1.165, 1.54) is 6.07 Å². The largest absolute Gasteiger partial charge is 0.478 e. The van der Waals surface area contributed by atoms with Crippen molar-refractivity contribution in [2.45, 2.75) is 20.3 Å². The average molecular weight is 377 g/mol. The van der Waals surface area contributed by atoms with Gasteiger partial charge in [0, 0.05) is 15.7 Å². The molecule has 4 nitrogen and oxygen atoms in total. The molecule has 2 heterocycles. The van der Waals surface area contributed by atoms with Gasteiger partial charge in [-0.1, -0.05) is 22.9 Å². The zero-order chi connectivity index (χ0) is 16.7. The molecule has 0 aliphatic rings. The van der Waals surface area contributed by atoms with E-state index in [9.17, 15) is 14.3 Å². The Kier molecular flexibility index (Phi) is 3.93. The topological polar surface area (TPSA) is 54.6 Å². The lowest BCUT2D eigenvalue weighted by Crippen LogP contribution is -2.07. The van der Waals surface area contributed by atoms with E-state index in [1.807, 2.05) is 6.92 Å². The molecule has 23 heavy (non-hydrogen) atoms. The zero-order valence-electron chi connectivity index (χ0n) is 12.6. The summed E-state index contributed by atoms with van der Waals surface area (Å²) in [7, 11) is 0. The van der Waals surface area contributed by atoms with Crippen molar-refractivity contribution in [3.63, 3.8) is 0 Å². The van der Waals surface area contributed by atoms with Crippen LogP contribution in [0.2, 0.25) is 0 Å². The molecule has 0 unspecified atom stereocenters. The molecule has 118 valence electrons. The molecule has 1 N–H and O–H groups in total. The summed E-state index contributed by atoms with van der Waals surface area (Å²) in [6.07, 6.45) is 0.626. The second-order valence-electron chi connectivity index (χ2n) is 5.28.